The standard InChI is InChI=1S/C21H27N5O2/c1-15-6-8-18(9-7-15)26-14-19(23-24-26)21(28)25-12-10-17(11-13-25)22-20(27)16-4-2-3-5-16/h6-9,14,16-17H,2-5,10-13H2,1H3,(H,22,27). The van der Waals surface area contributed by atoms with Crippen LogP contribution in [0.5, 0.6) is 0 Å². The number of amides is 2. The van der Waals surface area contributed by atoms with Crippen molar-refractivity contribution in [1.82, 2.24) is 25.2 Å². The summed E-state index contributed by atoms with van der Waals surface area (Å²) in [7, 11) is 0. The summed E-state index contributed by atoms with van der Waals surface area (Å²) in [5.74, 6) is 0.290. The highest BCUT2D eigenvalue weighted by Gasteiger charge is 2.29. The largest absolute Gasteiger partial charge is 0.353 e. The molecule has 1 saturated heterocycles. The molecule has 7 nitrogen and oxygen atoms in total. The van der Waals surface area contributed by atoms with Gasteiger partial charge in [-0.3, -0.25) is 9.59 Å². The Bertz CT molecular complexity index is 831. The number of carbonyl (C=O) groups is 2. The second-order valence-electron chi connectivity index (χ2n) is 7.94. The molecular formula is C21H27N5O2. The summed E-state index contributed by atoms with van der Waals surface area (Å²) in [5.41, 5.74) is 2.41. The van der Waals surface area contributed by atoms with Crippen LogP contribution in [0.4, 0.5) is 0 Å². The third-order valence-electron chi connectivity index (χ3n) is 5.87. The second-order valence-corrected chi connectivity index (χ2v) is 7.94. The van der Waals surface area contributed by atoms with E-state index in [9.17, 15) is 9.59 Å². The van der Waals surface area contributed by atoms with Gasteiger partial charge < -0.3 is 10.2 Å². The van der Waals surface area contributed by atoms with Gasteiger partial charge in [-0.2, -0.15) is 0 Å². The number of aryl methyl sites for hydroxylation is 1. The summed E-state index contributed by atoms with van der Waals surface area (Å²) in [6, 6.07) is 8.08. The molecule has 0 atom stereocenters. The molecule has 1 aromatic heterocycles. The number of piperidine rings is 1. The lowest BCUT2D eigenvalue weighted by atomic mass is 10.0. The Morgan fingerprint density at radius 2 is 1.71 bits per heavy atom. The van der Waals surface area contributed by atoms with Crippen molar-refractivity contribution in [3.8, 4) is 5.69 Å². The van der Waals surface area contributed by atoms with Crippen LogP contribution in [0.2, 0.25) is 0 Å². The molecule has 0 spiro atoms. The normalized spacial score (nSPS) is 18.4. The van der Waals surface area contributed by atoms with Crippen molar-refractivity contribution >= 4 is 11.8 Å². The van der Waals surface area contributed by atoms with E-state index in [1.807, 2.05) is 36.1 Å². The number of hydrogen-bond acceptors (Lipinski definition) is 4. The lowest BCUT2D eigenvalue weighted by Gasteiger charge is -2.32. The van der Waals surface area contributed by atoms with Crippen molar-refractivity contribution in [2.45, 2.75) is 51.5 Å². The fourth-order valence-electron chi connectivity index (χ4n) is 4.08. The monoisotopic (exact) mass is 381 g/mol. The van der Waals surface area contributed by atoms with Crippen LogP contribution in [0.1, 0.15) is 54.6 Å². The number of benzene rings is 1. The minimum atomic E-state index is -0.0982. The van der Waals surface area contributed by atoms with Crippen molar-refractivity contribution < 1.29 is 9.59 Å². The van der Waals surface area contributed by atoms with Crippen LogP contribution in [0.25, 0.3) is 5.69 Å². The van der Waals surface area contributed by atoms with E-state index in [0.29, 0.717) is 18.8 Å². The summed E-state index contributed by atoms with van der Waals surface area (Å²) >= 11 is 0. The number of aromatic nitrogens is 3. The Labute approximate surface area is 165 Å². The van der Waals surface area contributed by atoms with Crippen molar-refractivity contribution in [3.05, 3.63) is 41.7 Å². The van der Waals surface area contributed by atoms with E-state index in [1.165, 1.54) is 5.56 Å². The Kier molecular flexibility index (Phi) is 5.41. The molecule has 1 saturated carbocycles. The van der Waals surface area contributed by atoms with Crippen LogP contribution in [0.3, 0.4) is 0 Å². The fraction of sp³-hybridized carbons (Fsp3) is 0.524. The van der Waals surface area contributed by atoms with Crippen molar-refractivity contribution in [2.24, 2.45) is 5.92 Å². The maximum Gasteiger partial charge on any atom is 0.276 e. The highest BCUT2D eigenvalue weighted by atomic mass is 16.2. The second kappa shape index (κ2) is 8.12. The molecule has 1 aromatic carbocycles. The first kappa shape index (κ1) is 18.7. The van der Waals surface area contributed by atoms with Crippen LogP contribution < -0.4 is 5.32 Å². The van der Waals surface area contributed by atoms with Gasteiger partial charge in [0.05, 0.1) is 11.9 Å². The Hall–Kier alpha value is -2.70. The SMILES string of the molecule is Cc1ccc(-n2cc(C(=O)N3CCC(NC(=O)C4CCCC4)CC3)nn2)cc1. The lowest BCUT2D eigenvalue weighted by molar-refractivity contribution is -0.125. The maximum atomic E-state index is 12.8. The molecule has 2 fully saturated rings. The number of carbonyl (C=O) groups excluding carboxylic acids is 2. The van der Waals surface area contributed by atoms with E-state index in [0.717, 1.165) is 44.2 Å². The third kappa shape index (κ3) is 4.08. The number of hydrogen-bond donors (Lipinski definition) is 1. The fourth-order valence-corrected chi connectivity index (χ4v) is 4.08. The zero-order valence-corrected chi connectivity index (χ0v) is 16.3. The number of nitrogens with zero attached hydrogens (tertiary/aromatic N) is 4. The summed E-state index contributed by atoms with van der Waals surface area (Å²) in [6.45, 7) is 3.29. The Morgan fingerprint density at radius 1 is 1.04 bits per heavy atom. The molecular weight excluding hydrogens is 354 g/mol. The zero-order chi connectivity index (χ0) is 19.5. The molecule has 1 aliphatic heterocycles. The molecule has 0 unspecified atom stereocenters. The van der Waals surface area contributed by atoms with Crippen LogP contribution in [0.15, 0.2) is 30.5 Å². The Morgan fingerprint density at radius 3 is 2.39 bits per heavy atom. The summed E-state index contributed by atoms with van der Waals surface area (Å²) in [4.78, 5) is 26.9. The summed E-state index contributed by atoms with van der Waals surface area (Å²) in [5, 5.41) is 11.3. The van der Waals surface area contributed by atoms with Crippen LogP contribution in [-0.4, -0.2) is 50.8 Å². The molecule has 4 rings (SSSR count). The molecule has 2 heterocycles. The van der Waals surface area contributed by atoms with E-state index in [-0.39, 0.29) is 23.8 Å². The highest BCUT2D eigenvalue weighted by molar-refractivity contribution is 5.92. The molecule has 2 amide bonds. The van der Waals surface area contributed by atoms with Gasteiger partial charge in [0.15, 0.2) is 5.69 Å². The van der Waals surface area contributed by atoms with Gasteiger partial charge in [0, 0.05) is 25.0 Å². The smallest absolute Gasteiger partial charge is 0.276 e. The predicted molar refractivity (Wildman–Crippen MR) is 105 cm³/mol. The first-order chi connectivity index (χ1) is 13.6. The first-order valence-electron chi connectivity index (χ1n) is 10.2. The molecule has 1 aliphatic carbocycles. The van der Waals surface area contributed by atoms with E-state index in [1.54, 1.807) is 10.9 Å². The van der Waals surface area contributed by atoms with Crippen molar-refractivity contribution in [1.29, 1.82) is 0 Å². The average molecular weight is 381 g/mol. The van der Waals surface area contributed by atoms with Gasteiger partial charge in [-0.1, -0.05) is 35.8 Å². The van der Waals surface area contributed by atoms with Gasteiger partial charge in [-0.05, 0) is 44.7 Å². The van der Waals surface area contributed by atoms with Gasteiger partial charge in [0.2, 0.25) is 5.91 Å². The lowest BCUT2D eigenvalue weighted by Crippen LogP contribution is -2.47. The minimum Gasteiger partial charge on any atom is -0.353 e. The van der Waals surface area contributed by atoms with Gasteiger partial charge in [0.25, 0.3) is 5.91 Å². The van der Waals surface area contributed by atoms with E-state index < -0.39 is 0 Å². The van der Waals surface area contributed by atoms with E-state index in [4.69, 9.17) is 0 Å². The van der Waals surface area contributed by atoms with E-state index >= 15 is 0 Å². The molecule has 1 N–H and O–H groups in total. The van der Waals surface area contributed by atoms with Gasteiger partial charge in [-0.25, -0.2) is 4.68 Å². The molecule has 2 aliphatic rings. The van der Waals surface area contributed by atoms with Crippen LogP contribution in [-0.2, 0) is 4.79 Å². The summed E-state index contributed by atoms with van der Waals surface area (Å²) in [6.07, 6.45) is 7.61. The van der Waals surface area contributed by atoms with Crippen molar-refractivity contribution in [2.75, 3.05) is 13.1 Å². The zero-order valence-electron chi connectivity index (χ0n) is 16.3. The topological polar surface area (TPSA) is 80.1 Å². The number of likely N-dealkylation sites (tertiary alicyclic amines) is 1. The number of nitrogens with one attached hydrogen (secondary N) is 1. The first-order valence-corrected chi connectivity index (χ1v) is 10.2. The van der Waals surface area contributed by atoms with Gasteiger partial charge in [0.1, 0.15) is 0 Å². The predicted octanol–water partition coefficient (Wildman–Crippen LogP) is 2.49. The molecule has 2 aromatic rings. The van der Waals surface area contributed by atoms with Crippen LogP contribution >= 0.6 is 0 Å². The van der Waals surface area contributed by atoms with Crippen molar-refractivity contribution in [3.63, 3.8) is 0 Å². The minimum absolute atomic E-state index is 0.0982. The van der Waals surface area contributed by atoms with Gasteiger partial charge in [-0.15, -0.1) is 5.10 Å². The van der Waals surface area contributed by atoms with E-state index in [2.05, 4.69) is 15.6 Å². The van der Waals surface area contributed by atoms with Crippen LogP contribution in [0, 0.1) is 12.8 Å². The quantitative estimate of drug-likeness (QED) is 0.882. The molecule has 0 bridgehead atoms. The highest BCUT2D eigenvalue weighted by Crippen LogP contribution is 2.25. The average Bonchev–Trinajstić information content (AvgIpc) is 3.41. The maximum absolute atomic E-state index is 12.8. The Balaban J connectivity index is 1.31. The summed E-state index contributed by atoms with van der Waals surface area (Å²) < 4.78 is 1.63. The molecule has 148 valence electrons. The molecule has 28 heavy (non-hydrogen) atoms. The third-order valence-corrected chi connectivity index (χ3v) is 5.87. The molecule has 0 radical (unpaired) electrons. The number of rotatable bonds is 4. The molecule has 7 heteroatoms. The van der Waals surface area contributed by atoms with Gasteiger partial charge >= 0.3 is 0 Å².